The van der Waals surface area contributed by atoms with E-state index in [1.165, 1.54) is 6.33 Å². The molecule has 1 unspecified atom stereocenters. The van der Waals surface area contributed by atoms with Crippen molar-refractivity contribution in [3.63, 3.8) is 0 Å². The summed E-state index contributed by atoms with van der Waals surface area (Å²) in [6, 6.07) is -0.225. The van der Waals surface area contributed by atoms with E-state index in [0.717, 1.165) is 30.8 Å². The SMILES string of the molecule is NC(C1=CCCCO1)c1cncnc1. The molecule has 1 aliphatic rings. The summed E-state index contributed by atoms with van der Waals surface area (Å²) in [6.45, 7) is 0.757. The Morgan fingerprint density at radius 2 is 2.14 bits per heavy atom. The van der Waals surface area contributed by atoms with Crippen molar-refractivity contribution in [3.8, 4) is 0 Å². The highest BCUT2D eigenvalue weighted by Crippen LogP contribution is 2.22. The molecule has 2 heterocycles. The van der Waals surface area contributed by atoms with Gasteiger partial charge in [-0.25, -0.2) is 9.97 Å². The maximum absolute atomic E-state index is 6.00. The molecule has 1 aliphatic heterocycles. The fourth-order valence-electron chi connectivity index (χ4n) is 1.43. The third-order valence-electron chi connectivity index (χ3n) is 2.21. The molecule has 0 aromatic carbocycles. The first kappa shape index (κ1) is 9.15. The molecule has 4 nitrogen and oxygen atoms in total. The molecule has 1 atom stereocenters. The molecule has 0 saturated carbocycles. The summed E-state index contributed by atoms with van der Waals surface area (Å²) < 4.78 is 5.47. The van der Waals surface area contributed by atoms with Gasteiger partial charge in [0.2, 0.25) is 0 Å². The van der Waals surface area contributed by atoms with Crippen LogP contribution < -0.4 is 5.73 Å². The predicted molar refractivity (Wildman–Crippen MR) is 52.2 cm³/mol. The van der Waals surface area contributed by atoms with Crippen molar-refractivity contribution in [2.24, 2.45) is 5.73 Å². The molecule has 2 rings (SSSR count). The molecule has 74 valence electrons. The minimum absolute atomic E-state index is 0.225. The number of allylic oxidation sites excluding steroid dienone is 1. The standard InChI is InChI=1S/C10H13N3O/c11-10(8-5-12-7-13-6-8)9-3-1-2-4-14-9/h3,5-7,10H,1-2,4,11H2. The summed E-state index contributed by atoms with van der Waals surface area (Å²) in [5, 5.41) is 0. The van der Waals surface area contributed by atoms with Gasteiger partial charge in [-0.2, -0.15) is 0 Å². The average molecular weight is 191 g/mol. The molecule has 1 aromatic rings. The third kappa shape index (κ3) is 1.90. The van der Waals surface area contributed by atoms with Gasteiger partial charge in [0.25, 0.3) is 0 Å². The first-order chi connectivity index (χ1) is 6.88. The number of hydrogen-bond donors (Lipinski definition) is 1. The highest BCUT2D eigenvalue weighted by Gasteiger charge is 2.15. The van der Waals surface area contributed by atoms with Gasteiger partial charge < -0.3 is 10.5 Å². The molecule has 0 radical (unpaired) electrons. The highest BCUT2D eigenvalue weighted by atomic mass is 16.5. The van der Waals surface area contributed by atoms with Gasteiger partial charge in [0, 0.05) is 18.0 Å². The molecule has 0 spiro atoms. The average Bonchev–Trinajstić information content (AvgIpc) is 2.30. The van der Waals surface area contributed by atoms with Gasteiger partial charge in [-0.05, 0) is 18.9 Å². The first-order valence-corrected chi connectivity index (χ1v) is 4.71. The van der Waals surface area contributed by atoms with Gasteiger partial charge in [-0.1, -0.05) is 0 Å². The Morgan fingerprint density at radius 1 is 1.36 bits per heavy atom. The van der Waals surface area contributed by atoms with E-state index in [1.54, 1.807) is 12.4 Å². The van der Waals surface area contributed by atoms with Crippen LogP contribution in [0, 0.1) is 0 Å². The zero-order valence-electron chi connectivity index (χ0n) is 7.89. The smallest absolute Gasteiger partial charge is 0.115 e. The molecule has 2 N–H and O–H groups in total. The van der Waals surface area contributed by atoms with Crippen molar-refractivity contribution in [1.29, 1.82) is 0 Å². The summed E-state index contributed by atoms with van der Waals surface area (Å²) in [5.41, 5.74) is 6.89. The topological polar surface area (TPSA) is 61.0 Å². The highest BCUT2D eigenvalue weighted by molar-refractivity contribution is 5.19. The number of ether oxygens (including phenoxy) is 1. The first-order valence-electron chi connectivity index (χ1n) is 4.71. The molecule has 0 saturated heterocycles. The summed E-state index contributed by atoms with van der Waals surface area (Å²) >= 11 is 0. The summed E-state index contributed by atoms with van der Waals surface area (Å²) in [5.74, 6) is 0.839. The molecular weight excluding hydrogens is 178 g/mol. The van der Waals surface area contributed by atoms with Crippen molar-refractivity contribution in [2.75, 3.05) is 6.61 Å². The number of nitrogens with zero attached hydrogens (tertiary/aromatic N) is 2. The number of aromatic nitrogens is 2. The van der Waals surface area contributed by atoms with Gasteiger partial charge in [0.1, 0.15) is 12.1 Å². The van der Waals surface area contributed by atoms with Gasteiger partial charge in [0.05, 0.1) is 12.6 Å². The second kappa shape index (κ2) is 4.19. The molecule has 1 aromatic heterocycles. The van der Waals surface area contributed by atoms with Crippen LogP contribution in [0.2, 0.25) is 0 Å². The van der Waals surface area contributed by atoms with E-state index in [4.69, 9.17) is 10.5 Å². The molecule has 0 fully saturated rings. The van der Waals surface area contributed by atoms with Gasteiger partial charge >= 0.3 is 0 Å². The van der Waals surface area contributed by atoms with Crippen molar-refractivity contribution < 1.29 is 4.74 Å². The fraction of sp³-hybridized carbons (Fsp3) is 0.400. The van der Waals surface area contributed by atoms with Gasteiger partial charge in [0.15, 0.2) is 0 Å². The minimum atomic E-state index is -0.225. The van der Waals surface area contributed by atoms with Crippen LogP contribution in [0.4, 0.5) is 0 Å². The maximum Gasteiger partial charge on any atom is 0.115 e. The van der Waals surface area contributed by atoms with Gasteiger partial charge in [-0.3, -0.25) is 0 Å². The van der Waals surface area contributed by atoms with Crippen molar-refractivity contribution in [1.82, 2.24) is 9.97 Å². The molecule has 0 aliphatic carbocycles. The van der Waals surface area contributed by atoms with E-state index in [9.17, 15) is 0 Å². The Balaban J connectivity index is 2.15. The Hall–Kier alpha value is -1.42. The van der Waals surface area contributed by atoms with Crippen LogP contribution in [0.5, 0.6) is 0 Å². The lowest BCUT2D eigenvalue weighted by Crippen LogP contribution is -2.18. The van der Waals surface area contributed by atoms with Crippen LogP contribution in [-0.2, 0) is 4.74 Å². The summed E-state index contributed by atoms with van der Waals surface area (Å²) in [4.78, 5) is 7.85. The number of hydrogen-bond acceptors (Lipinski definition) is 4. The van der Waals surface area contributed by atoms with Crippen molar-refractivity contribution in [2.45, 2.75) is 18.9 Å². The second-order valence-corrected chi connectivity index (χ2v) is 3.25. The van der Waals surface area contributed by atoms with Crippen LogP contribution in [0.25, 0.3) is 0 Å². The summed E-state index contributed by atoms with van der Waals surface area (Å²) in [6.07, 6.45) is 9.08. The van der Waals surface area contributed by atoms with E-state index < -0.39 is 0 Å². The van der Waals surface area contributed by atoms with Gasteiger partial charge in [-0.15, -0.1) is 0 Å². The number of nitrogens with two attached hydrogens (primary N) is 1. The zero-order valence-corrected chi connectivity index (χ0v) is 7.89. The normalized spacial score (nSPS) is 18.2. The van der Waals surface area contributed by atoms with E-state index >= 15 is 0 Å². The molecule has 14 heavy (non-hydrogen) atoms. The fourth-order valence-corrected chi connectivity index (χ4v) is 1.43. The Bertz CT molecular complexity index is 323. The molecule has 0 bridgehead atoms. The Morgan fingerprint density at radius 3 is 2.79 bits per heavy atom. The van der Waals surface area contributed by atoms with E-state index in [-0.39, 0.29) is 6.04 Å². The third-order valence-corrected chi connectivity index (χ3v) is 2.21. The second-order valence-electron chi connectivity index (χ2n) is 3.25. The molecule has 0 amide bonds. The van der Waals surface area contributed by atoms with Crippen LogP contribution in [0.15, 0.2) is 30.6 Å². The van der Waals surface area contributed by atoms with Crippen LogP contribution in [0.1, 0.15) is 24.4 Å². The maximum atomic E-state index is 6.00. The van der Waals surface area contributed by atoms with E-state index in [0.29, 0.717) is 0 Å². The molecule has 4 heteroatoms. The zero-order chi connectivity index (χ0) is 9.80. The number of rotatable bonds is 2. The van der Waals surface area contributed by atoms with Crippen molar-refractivity contribution >= 4 is 0 Å². The van der Waals surface area contributed by atoms with Crippen LogP contribution in [-0.4, -0.2) is 16.6 Å². The summed E-state index contributed by atoms with van der Waals surface area (Å²) in [7, 11) is 0. The Labute approximate surface area is 82.8 Å². The quantitative estimate of drug-likeness (QED) is 0.762. The lowest BCUT2D eigenvalue weighted by Gasteiger charge is -2.20. The minimum Gasteiger partial charge on any atom is -0.496 e. The van der Waals surface area contributed by atoms with E-state index in [1.807, 2.05) is 6.08 Å². The lowest BCUT2D eigenvalue weighted by atomic mass is 10.1. The Kier molecular flexibility index (Phi) is 2.74. The molecular formula is C10H13N3O. The predicted octanol–water partition coefficient (Wildman–Crippen LogP) is 1.17. The van der Waals surface area contributed by atoms with Crippen molar-refractivity contribution in [3.05, 3.63) is 36.1 Å². The lowest BCUT2D eigenvalue weighted by molar-refractivity contribution is 0.175. The van der Waals surface area contributed by atoms with E-state index in [2.05, 4.69) is 9.97 Å². The monoisotopic (exact) mass is 191 g/mol. The van der Waals surface area contributed by atoms with Crippen LogP contribution in [0.3, 0.4) is 0 Å². The van der Waals surface area contributed by atoms with Crippen LogP contribution >= 0.6 is 0 Å². The largest absolute Gasteiger partial charge is 0.496 e.